The van der Waals surface area contributed by atoms with Crippen LogP contribution in [-0.2, 0) is 9.53 Å². The fourth-order valence-electron chi connectivity index (χ4n) is 3.60. The second-order valence-corrected chi connectivity index (χ2v) is 8.16. The molecule has 0 spiro atoms. The molecule has 1 aromatic heterocycles. The summed E-state index contributed by atoms with van der Waals surface area (Å²) >= 11 is 1.30. The summed E-state index contributed by atoms with van der Waals surface area (Å²) in [6.45, 7) is 5.44. The maximum absolute atomic E-state index is 13.5. The number of ether oxygens (including phenoxy) is 2. The van der Waals surface area contributed by atoms with Crippen molar-refractivity contribution in [1.29, 1.82) is 0 Å². The summed E-state index contributed by atoms with van der Waals surface area (Å²) < 4.78 is 12.6. The van der Waals surface area contributed by atoms with Crippen molar-refractivity contribution in [2.24, 2.45) is 4.99 Å². The van der Waals surface area contributed by atoms with Crippen LogP contribution in [0.2, 0.25) is 0 Å². The van der Waals surface area contributed by atoms with Crippen molar-refractivity contribution >= 4 is 23.4 Å². The second-order valence-electron chi connectivity index (χ2n) is 7.15. The summed E-state index contributed by atoms with van der Waals surface area (Å²) in [6, 6.07) is 16.3. The van der Waals surface area contributed by atoms with Crippen molar-refractivity contribution in [3.63, 3.8) is 0 Å². The maximum atomic E-state index is 13.5. The number of hydrogen-bond donors (Lipinski definition) is 0. The van der Waals surface area contributed by atoms with Crippen molar-refractivity contribution in [3.05, 3.63) is 109 Å². The molecular formula is C25H22N2O4S. The predicted octanol–water partition coefficient (Wildman–Crippen LogP) is 2.97. The normalized spacial score (nSPS) is 15.7. The highest BCUT2D eigenvalue weighted by Gasteiger charge is 2.33. The average molecular weight is 447 g/mol. The molecule has 0 N–H and O–H groups in total. The fourth-order valence-corrected chi connectivity index (χ4v) is 4.64. The molecule has 1 unspecified atom stereocenters. The van der Waals surface area contributed by atoms with Crippen molar-refractivity contribution in [1.82, 2.24) is 4.57 Å². The lowest BCUT2D eigenvalue weighted by atomic mass is 9.96. The van der Waals surface area contributed by atoms with Gasteiger partial charge in [-0.2, -0.15) is 0 Å². The van der Waals surface area contributed by atoms with Crippen LogP contribution >= 0.6 is 11.3 Å². The van der Waals surface area contributed by atoms with E-state index in [0.717, 1.165) is 16.9 Å². The highest BCUT2D eigenvalue weighted by atomic mass is 32.1. The molecule has 2 heterocycles. The highest BCUT2D eigenvalue weighted by molar-refractivity contribution is 7.07. The molecule has 32 heavy (non-hydrogen) atoms. The number of fused-ring (bicyclic) bond motifs is 1. The molecule has 1 aliphatic heterocycles. The highest BCUT2D eigenvalue weighted by Crippen LogP contribution is 2.30. The van der Waals surface area contributed by atoms with E-state index < -0.39 is 12.0 Å². The van der Waals surface area contributed by atoms with Crippen LogP contribution in [0.5, 0.6) is 5.75 Å². The summed E-state index contributed by atoms with van der Waals surface area (Å²) in [7, 11) is 1.61. The Balaban J connectivity index is 1.89. The van der Waals surface area contributed by atoms with Gasteiger partial charge < -0.3 is 9.47 Å². The lowest BCUT2D eigenvalue weighted by molar-refractivity contribution is -0.138. The Morgan fingerprint density at radius 2 is 1.91 bits per heavy atom. The Hall–Kier alpha value is -3.71. The Morgan fingerprint density at radius 3 is 2.56 bits per heavy atom. The Kier molecular flexibility index (Phi) is 6.18. The lowest BCUT2D eigenvalue weighted by Gasteiger charge is -2.24. The molecule has 0 radical (unpaired) electrons. The van der Waals surface area contributed by atoms with Crippen LogP contribution in [0.3, 0.4) is 0 Å². The second kappa shape index (κ2) is 9.20. The molecule has 0 aliphatic carbocycles. The minimum atomic E-state index is -0.622. The van der Waals surface area contributed by atoms with E-state index >= 15 is 0 Å². The van der Waals surface area contributed by atoms with E-state index in [2.05, 4.69) is 11.6 Å². The van der Waals surface area contributed by atoms with Crippen LogP contribution in [0.1, 0.15) is 24.1 Å². The smallest absolute Gasteiger partial charge is 0.338 e. The molecule has 3 aromatic rings. The van der Waals surface area contributed by atoms with Gasteiger partial charge in [-0.1, -0.05) is 66.5 Å². The monoisotopic (exact) mass is 446 g/mol. The third-order valence-electron chi connectivity index (χ3n) is 5.10. The molecule has 162 valence electrons. The van der Waals surface area contributed by atoms with Gasteiger partial charge in [-0.25, -0.2) is 9.79 Å². The summed E-state index contributed by atoms with van der Waals surface area (Å²) in [5.41, 5.74) is 2.35. The van der Waals surface area contributed by atoms with Crippen LogP contribution in [0.25, 0.3) is 6.08 Å². The summed E-state index contributed by atoms with van der Waals surface area (Å²) in [4.78, 5) is 31.5. The lowest BCUT2D eigenvalue weighted by Crippen LogP contribution is -2.39. The molecule has 0 bridgehead atoms. The van der Waals surface area contributed by atoms with Gasteiger partial charge >= 0.3 is 5.97 Å². The zero-order valence-electron chi connectivity index (χ0n) is 17.8. The van der Waals surface area contributed by atoms with Crippen molar-refractivity contribution in [2.75, 3.05) is 13.7 Å². The van der Waals surface area contributed by atoms with Gasteiger partial charge in [0.1, 0.15) is 12.4 Å². The number of carbonyl (C=O) groups is 1. The van der Waals surface area contributed by atoms with E-state index in [1.165, 1.54) is 17.4 Å². The number of methoxy groups -OCH3 is 1. The molecule has 0 saturated heterocycles. The zero-order valence-corrected chi connectivity index (χ0v) is 18.6. The number of esters is 1. The molecule has 0 fully saturated rings. The Morgan fingerprint density at radius 1 is 1.19 bits per heavy atom. The molecule has 4 rings (SSSR count). The molecule has 0 amide bonds. The van der Waals surface area contributed by atoms with E-state index in [4.69, 9.17) is 9.47 Å². The van der Waals surface area contributed by atoms with Crippen LogP contribution in [0.4, 0.5) is 0 Å². The van der Waals surface area contributed by atoms with Crippen molar-refractivity contribution in [2.45, 2.75) is 13.0 Å². The molecule has 1 atom stereocenters. The summed E-state index contributed by atoms with van der Waals surface area (Å²) in [5.74, 6) is 0.232. The van der Waals surface area contributed by atoms with E-state index in [0.29, 0.717) is 20.6 Å². The fraction of sp³-hybridized carbons (Fsp3) is 0.160. The van der Waals surface area contributed by atoms with Gasteiger partial charge in [-0.3, -0.25) is 9.36 Å². The van der Waals surface area contributed by atoms with Crippen molar-refractivity contribution < 1.29 is 14.3 Å². The number of benzene rings is 2. The number of allylic oxidation sites excluding steroid dienone is 1. The molecule has 0 saturated carbocycles. The van der Waals surface area contributed by atoms with E-state index in [1.54, 1.807) is 18.6 Å². The minimum absolute atomic E-state index is 0.0824. The third-order valence-corrected chi connectivity index (χ3v) is 6.09. The van der Waals surface area contributed by atoms with E-state index in [-0.39, 0.29) is 12.2 Å². The van der Waals surface area contributed by atoms with E-state index in [9.17, 15) is 9.59 Å². The number of thiazole rings is 1. The minimum Gasteiger partial charge on any atom is -0.497 e. The average Bonchev–Trinajstić information content (AvgIpc) is 3.12. The predicted molar refractivity (Wildman–Crippen MR) is 124 cm³/mol. The first kappa shape index (κ1) is 21.5. The van der Waals surface area contributed by atoms with Gasteiger partial charge in [-0.15, -0.1) is 0 Å². The van der Waals surface area contributed by atoms with Gasteiger partial charge in [0.2, 0.25) is 0 Å². The van der Waals surface area contributed by atoms with Gasteiger partial charge in [0.25, 0.3) is 5.56 Å². The third kappa shape index (κ3) is 4.07. The van der Waals surface area contributed by atoms with Crippen LogP contribution in [-0.4, -0.2) is 24.3 Å². The van der Waals surface area contributed by atoms with Crippen LogP contribution in [0.15, 0.2) is 88.3 Å². The summed E-state index contributed by atoms with van der Waals surface area (Å²) in [5, 5.41) is 0. The van der Waals surface area contributed by atoms with Gasteiger partial charge in [0, 0.05) is 0 Å². The first-order valence-electron chi connectivity index (χ1n) is 10.0. The van der Waals surface area contributed by atoms with E-state index in [1.807, 2.05) is 60.7 Å². The Bertz CT molecular complexity index is 1370. The molecule has 7 heteroatoms. The Labute approximate surface area is 189 Å². The number of hydrogen-bond acceptors (Lipinski definition) is 6. The molecule has 2 aromatic carbocycles. The largest absolute Gasteiger partial charge is 0.497 e. The zero-order chi connectivity index (χ0) is 22.7. The van der Waals surface area contributed by atoms with Gasteiger partial charge in [0.05, 0.1) is 29.0 Å². The standard InChI is InChI=1S/C25H22N2O4S/c1-4-14-31-24(29)21-16(2)26-25-27(22(21)18-8-6-5-7-9-18)23(28)20(32-25)15-17-10-12-19(30-3)13-11-17/h4-13,15,22H,1,14H2,2-3H3. The van der Waals surface area contributed by atoms with Crippen molar-refractivity contribution in [3.8, 4) is 5.75 Å². The molecule has 1 aliphatic rings. The SMILES string of the molecule is C=CCOC(=O)C1=C(C)N=c2sc(=Cc3ccc(OC)cc3)c(=O)n2C1c1ccccc1. The number of aromatic nitrogens is 1. The first-order valence-corrected chi connectivity index (χ1v) is 10.8. The molecular weight excluding hydrogens is 424 g/mol. The van der Waals surface area contributed by atoms with Crippen LogP contribution < -0.4 is 19.6 Å². The number of nitrogens with zero attached hydrogens (tertiary/aromatic N) is 2. The molecule has 6 nitrogen and oxygen atoms in total. The van der Waals surface area contributed by atoms with Crippen LogP contribution in [0, 0.1) is 0 Å². The number of carbonyl (C=O) groups excluding carboxylic acids is 1. The first-order chi connectivity index (χ1) is 15.5. The number of rotatable bonds is 6. The van der Waals surface area contributed by atoms with Gasteiger partial charge in [-0.05, 0) is 36.3 Å². The topological polar surface area (TPSA) is 69.9 Å². The quantitative estimate of drug-likeness (QED) is 0.431. The maximum Gasteiger partial charge on any atom is 0.338 e. The summed E-state index contributed by atoms with van der Waals surface area (Å²) in [6.07, 6.45) is 3.33. The van der Waals surface area contributed by atoms with Gasteiger partial charge in [0.15, 0.2) is 4.80 Å².